The Morgan fingerprint density at radius 2 is 2.00 bits per heavy atom. The Morgan fingerprint density at radius 3 is 2.84 bits per heavy atom. The van der Waals surface area contributed by atoms with E-state index in [0.717, 1.165) is 54.5 Å². The summed E-state index contributed by atoms with van der Waals surface area (Å²) in [5.41, 5.74) is 3.00. The molecular weight excluding hydrogens is 388 g/mol. The number of carbonyl (C=O) groups excluding carboxylic acids is 1. The summed E-state index contributed by atoms with van der Waals surface area (Å²) in [6, 6.07) is 15.7. The van der Waals surface area contributed by atoms with Crippen LogP contribution in [-0.2, 0) is 11.3 Å². The van der Waals surface area contributed by atoms with E-state index in [1.807, 2.05) is 49.4 Å². The molecule has 0 saturated carbocycles. The van der Waals surface area contributed by atoms with Gasteiger partial charge in [-0.2, -0.15) is 0 Å². The fraction of sp³-hybridized carbons (Fsp3) is 0.333. The molecule has 1 saturated heterocycles. The van der Waals surface area contributed by atoms with E-state index in [1.165, 1.54) is 0 Å². The highest BCUT2D eigenvalue weighted by atomic mass is 16.2. The van der Waals surface area contributed by atoms with Crippen LogP contribution in [-0.4, -0.2) is 45.4 Å². The van der Waals surface area contributed by atoms with E-state index in [2.05, 4.69) is 31.6 Å². The van der Waals surface area contributed by atoms with Gasteiger partial charge in [0.1, 0.15) is 11.6 Å². The van der Waals surface area contributed by atoms with Gasteiger partial charge < -0.3 is 10.6 Å². The molecule has 0 spiro atoms. The highest BCUT2D eigenvalue weighted by molar-refractivity contribution is 5.78. The summed E-state index contributed by atoms with van der Waals surface area (Å²) in [4.78, 5) is 28.1. The Balaban J connectivity index is 1.34. The molecule has 1 atom stereocenters. The monoisotopic (exact) mass is 416 g/mol. The maximum absolute atomic E-state index is 12.4. The van der Waals surface area contributed by atoms with Crippen LogP contribution in [0.25, 0.3) is 0 Å². The Morgan fingerprint density at radius 1 is 1.10 bits per heavy atom. The summed E-state index contributed by atoms with van der Waals surface area (Å²) < 4.78 is 0. The molecule has 0 unspecified atom stereocenters. The number of aromatic nitrogens is 3. The zero-order chi connectivity index (χ0) is 21.5. The van der Waals surface area contributed by atoms with Crippen molar-refractivity contribution in [1.82, 2.24) is 25.2 Å². The molecule has 4 heterocycles. The van der Waals surface area contributed by atoms with Crippen LogP contribution in [0.2, 0.25) is 0 Å². The van der Waals surface area contributed by atoms with Crippen LogP contribution in [0.5, 0.6) is 0 Å². The van der Waals surface area contributed by atoms with Gasteiger partial charge in [-0.25, -0.2) is 9.97 Å². The van der Waals surface area contributed by atoms with Crippen molar-refractivity contribution >= 4 is 17.5 Å². The average Bonchev–Trinajstić information content (AvgIpc) is 2.80. The van der Waals surface area contributed by atoms with Crippen LogP contribution in [0.15, 0.2) is 60.9 Å². The van der Waals surface area contributed by atoms with Crippen molar-refractivity contribution < 1.29 is 4.79 Å². The molecule has 1 aliphatic rings. The van der Waals surface area contributed by atoms with Crippen LogP contribution in [0.1, 0.15) is 35.7 Å². The second-order valence-electron chi connectivity index (χ2n) is 7.91. The topological polar surface area (TPSA) is 83.0 Å². The number of pyridine rings is 3. The fourth-order valence-electron chi connectivity index (χ4n) is 3.88. The summed E-state index contributed by atoms with van der Waals surface area (Å²) in [6.45, 7) is 4.64. The lowest BCUT2D eigenvalue weighted by molar-refractivity contribution is -0.122. The molecule has 4 rings (SSSR count). The van der Waals surface area contributed by atoms with Crippen molar-refractivity contribution in [3.05, 3.63) is 77.9 Å². The van der Waals surface area contributed by atoms with E-state index < -0.39 is 0 Å². The molecule has 0 aliphatic carbocycles. The Kier molecular flexibility index (Phi) is 6.84. The van der Waals surface area contributed by atoms with E-state index in [-0.39, 0.29) is 5.91 Å². The van der Waals surface area contributed by atoms with Crippen molar-refractivity contribution in [3.63, 3.8) is 0 Å². The first-order valence-corrected chi connectivity index (χ1v) is 10.7. The molecule has 2 N–H and O–H groups in total. The molecule has 7 heteroatoms. The van der Waals surface area contributed by atoms with E-state index in [0.29, 0.717) is 19.0 Å². The molecule has 160 valence electrons. The molecule has 31 heavy (non-hydrogen) atoms. The molecule has 1 fully saturated rings. The highest BCUT2D eigenvalue weighted by Gasteiger charge is 2.24. The van der Waals surface area contributed by atoms with Gasteiger partial charge in [0.2, 0.25) is 5.91 Å². The van der Waals surface area contributed by atoms with Crippen LogP contribution in [0, 0.1) is 6.92 Å². The van der Waals surface area contributed by atoms with Crippen molar-refractivity contribution in [2.45, 2.75) is 32.2 Å². The van der Waals surface area contributed by atoms with Gasteiger partial charge in [0, 0.05) is 30.6 Å². The zero-order valence-electron chi connectivity index (χ0n) is 17.8. The number of piperidine rings is 1. The zero-order valence-corrected chi connectivity index (χ0v) is 17.8. The molecular formula is C24H28N6O. The maximum atomic E-state index is 12.4. The van der Waals surface area contributed by atoms with Crippen LogP contribution in [0.3, 0.4) is 0 Å². The van der Waals surface area contributed by atoms with Crippen LogP contribution >= 0.6 is 0 Å². The second-order valence-corrected chi connectivity index (χ2v) is 7.91. The fourth-order valence-corrected chi connectivity index (χ4v) is 3.88. The average molecular weight is 417 g/mol. The summed E-state index contributed by atoms with van der Waals surface area (Å²) in [5, 5.41) is 6.29. The van der Waals surface area contributed by atoms with E-state index >= 15 is 0 Å². The number of rotatable bonds is 7. The van der Waals surface area contributed by atoms with Gasteiger partial charge in [0.15, 0.2) is 0 Å². The van der Waals surface area contributed by atoms with Crippen molar-refractivity contribution in [2.24, 2.45) is 0 Å². The third-order valence-corrected chi connectivity index (χ3v) is 5.51. The third kappa shape index (κ3) is 5.86. The lowest BCUT2D eigenvalue weighted by Gasteiger charge is -2.32. The number of anilines is 2. The Bertz CT molecular complexity index is 1010. The largest absolute Gasteiger partial charge is 0.349 e. The maximum Gasteiger partial charge on any atom is 0.234 e. The van der Waals surface area contributed by atoms with Crippen LogP contribution < -0.4 is 10.6 Å². The smallest absolute Gasteiger partial charge is 0.234 e. The first kappa shape index (κ1) is 20.9. The van der Waals surface area contributed by atoms with E-state index in [4.69, 9.17) is 4.98 Å². The SMILES string of the molecule is Cc1cccnc1Nc1cccc([C@H]2CCCN(CC(=O)NCc3ccccn3)C2)n1. The minimum Gasteiger partial charge on any atom is -0.349 e. The summed E-state index contributed by atoms with van der Waals surface area (Å²) in [7, 11) is 0. The molecule has 1 amide bonds. The summed E-state index contributed by atoms with van der Waals surface area (Å²) in [5.74, 6) is 1.95. The summed E-state index contributed by atoms with van der Waals surface area (Å²) >= 11 is 0. The van der Waals surface area contributed by atoms with E-state index in [9.17, 15) is 4.79 Å². The van der Waals surface area contributed by atoms with Gasteiger partial charge >= 0.3 is 0 Å². The number of nitrogens with zero attached hydrogens (tertiary/aromatic N) is 4. The number of nitrogens with one attached hydrogen (secondary N) is 2. The lowest BCUT2D eigenvalue weighted by Crippen LogP contribution is -2.42. The molecule has 0 bridgehead atoms. The van der Waals surface area contributed by atoms with Crippen molar-refractivity contribution in [1.29, 1.82) is 0 Å². The number of aryl methyl sites for hydroxylation is 1. The first-order valence-electron chi connectivity index (χ1n) is 10.7. The minimum atomic E-state index is 0.0281. The van der Waals surface area contributed by atoms with Gasteiger partial charge in [0.25, 0.3) is 0 Å². The molecule has 3 aromatic heterocycles. The lowest BCUT2D eigenvalue weighted by atomic mass is 9.94. The first-order chi connectivity index (χ1) is 15.2. The minimum absolute atomic E-state index is 0.0281. The third-order valence-electron chi connectivity index (χ3n) is 5.51. The standard InChI is InChI=1S/C24H28N6O/c1-18-7-5-13-26-24(18)29-22-11-4-10-21(28-22)19-8-6-14-30(16-19)17-23(31)27-15-20-9-2-3-12-25-20/h2-5,7,9-13,19H,6,8,14-17H2,1H3,(H,27,31)(H,26,28,29)/t19-/m0/s1. The molecule has 1 aliphatic heterocycles. The molecule has 3 aromatic rings. The van der Waals surface area contributed by atoms with Gasteiger partial charge in [0.05, 0.1) is 18.8 Å². The predicted octanol–water partition coefficient (Wildman–Crippen LogP) is 3.42. The molecule has 7 nitrogen and oxygen atoms in total. The van der Waals surface area contributed by atoms with Crippen molar-refractivity contribution in [2.75, 3.05) is 25.0 Å². The normalized spacial score (nSPS) is 16.6. The van der Waals surface area contributed by atoms with E-state index in [1.54, 1.807) is 12.4 Å². The summed E-state index contributed by atoms with van der Waals surface area (Å²) in [6.07, 6.45) is 5.64. The Hall–Kier alpha value is -3.32. The second kappa shape index (κ2) is 10.1. The molecule has 0 radical (unpaired) electrons. The van der Waals surface area contributed by atoms with Crippen LogP contribution in [0.4, 0.5) is 11.6 Å². The number of hydrogen-bond acceptors (Lipinski definition) is 6. The van der Waals surface area contributed by atoms with Gasteiger partial charge in [-0.3, -0.25) is 14.7 Å². The van der Waals surface area contributed by atoms with Gasteiger partial charge in [-0.1, -0.05) is 18.2 Å². The van der Waals surface area contributed by atoms with Gasteiger partial charge in [-0.05, 0) is 62.2 Å². The predicted molar refractivity (Wildman–Crippen MR) is 121 cm³/mol. The number of likely N-dealkylation sites (tertiary alicyclic amines) is 1. The number of carbonyl (C=O) groups is 1. The Labute approximate surface area is 183 Å². The quantitative estimate of drug-likeness (QED) is 0.614. The molecule has 0 aromatic carbocycles. The number of hydrogen-bond donors (Lipinski definition) is 2. The number of amides is 1. The highest BCUT2D eigenvalue weighted by Crippen LogP contribution is 2.27. The van der Waals surface area contributed by atoms with Crippen molar-refractivity contribution in [3.8, 4) is 0 Å². The van der Waals surface area contributed by atoms with Gasteiger partial charge in [-0.15, -0.1) is 0 Å².